The zero-order valence-electron chi connectivity index (χ0n) is 9.26. The first-order chi connectivity index (χ1) is 6.72. The molecule has 2 nitrogen and oxygen atoms in total. The number of nitrogens with one attached hydrogen (secondary N) is 1. The molecule has 1 N–H and O–H groups in total. The van der Waals surface area contributed by atoms with E-state index in [9.17, 15) is 0 Å². The average molecular weight is 220 g/mol. The topological polar surface area (TPSA) is 21.3 Å². The molecule has 1 aliphatic heterocycles. The zero-order chi connectivity index (χ0) is 10.4. The molecular weight excluding hydrogens is 198 g/mol. The molecule has 0 saturated carbocycles. The molecule has 3 heteroatoms. The standard InChI is InChI=1S/C11H22ClNO/c1-9(2)6-10(7-12)13-8-11-4-3-5-14-11/h9-11,13H,3-8H2,1-2H3. The number of ether oxygens (including phenoxy) is 1. The summed E-state index contributed by atoms with van der Waals surface area (Å²) >= 11 is 5.89. The second-order valence-electron chi connectivity index (χ2n) is 4.52. The monoisotopic (exact) mass is 219 g/mol. The van der Waals surface area contributed by atoms with E-state index < -0.39 is 0 Å². The Labute approximate surface area is 92.3 Å². The number of alkyl halides is 1. The minimum atomic E-state index is 0.424. The minimum Gasteiger partial charge on any atom is -0.377 e. The van der Waals surface area contributed by atoms with Crippen molar-refractivity contribution in [3.8, 4) is 0 Å². The first-order valence-electron chi connectivity index (χ1n) is 5.63. The molecule has 1 aliphatic rings. The van der Waals surface area contributed by atoms with Crippen molar-refractivity contribution < 1.29 is 4.74 Å². The van der Waals surface area contributed by atoms with Gasteiger partial charge in [-0.15, -0.1) is 11.6 Å². The van der Waals surface area contributed by atoms with E-state index in [1.54, 1.807) is 0 Å². The van der Waals surface area contributed by atoms with E-state index >= 15 is 0 Å². The van der Waals surface area contributed by atoms with Gasteiger partial charge in [0.1, 0.15) is 0 Å². The van der Waals surface area contributed by atoms with Gasteiger partial charge in [0, 0.05) is 25.1 Å². The molecule has 2 unspecified atom stereocenters. The number of hydrogen-bond acceptors (Lipinski definition) is 2. The molecule has 14 heavy (non-hydrogen) atoms. The maximum absolute atomic E-state index is 5.89. The highest BCUT2D eigenvalue weighted by Crippen LogP contribution is 2.12. The van der Waals surface area contributed by atoms with E-state index in [1.165, 1.54) is 12.8 Å². The van der Waals surface area contributed by atoms with E-state index in [2.05, 4.69) is 19.2 Å². The Hall–Kier alpha value is 0.210. The molecule has 0 aromatic heterocycles. The summed E-state index contributed by atoms with van der Waals surface area (Å²) in [7, 11) is 0. The van der Waals surface area contributed by atoms with Crippen LogP contribution in [0.15, 0.2) is 0 Å². The van der Waals surface area contributed by atoms with Crippen molar-refractivity contribution in [1.29, 1.82) is 0 Å². The van der Waals surface area contributed by atoms with E-state index in [1.807, 2.05) is 0 Å². The van der Waals surface area contributed by atoms with Gasteiger partial charge < -0.3 is 10.1 Å². The molecule has 2 atom stereocenters. The summed E-state index contributed by atoms with van der Waals surface area (Å²) in [5, 5.41) is 3.49. The fraction of sp³-hybridized carbons (Fsp3) is 1.00. The first kappa shape index (κ1) is 12.3. The molecule has 0 amide bonds. The fourth-order valence-electron chi connectivity index (χ4n) is 1.87. The van der Waals surface area contributed by atoms with Crippen molar-refractivity contribution in [2.75, 3.05) is 19.0 Å². The van der Waals surface area contributed by atoms with Gasteiger partial charge in [-0.3, -0.25) is 0 Å². The minimum absolute atomic E-state index is 0.424. The van der Waals surface area contributed by atoms with Gasteiger partial charge in [-0.2, -0.15) is 0 Å². The van der Waals surface area contributed by atoms with Gasteiger partial charge >= 0.3 is 0 Å². The Kier molecular flexibility index (Phi) is 5.83. The summed E-state index contributed by atoms with van der Waals surface area (Å²) in [6, 6.07) is 0.445. The molecule has 1 saturated heterocycles. The van der Waals surface area contributed by atoms with Crippen molar-refractivity contribution in [1.82, 2.24) is 5.32 Å². The van der Waals surface area contributed by atoms with Crippen LogP contribution in [0.1, 0.15) is 33.1 Å². The Bertz CT molecular complexity index is 146. The van der Waals surface area contributed by atoms with Crippen molar-refractivity contribution in [2.45, 2.75) is 45.3 Å². The zero-order valence-corrected chi connectivity index (χ0v) is 10.0. The lowest BCUT2D eigenvalue weighted by Crippen LogP contribution is -2.37. The Morgan fingerprint density at radius 2 is 2.29 bits per heavy atom. The third-order valence-electron chi connectivity index (χ3n) is 2.60. The van der Waals surface area contributed by atoms with Crippen LogP contribution in [-0.2, 0) is 4.74 Å². The van der Waals surface area contributed by atoms with Crippen LogP contribution in [0.25, 0.3) is 0 Å². The van der Waals surface area contributed by atoms with Gasteiger partial charge in [-0.25, -0.2) is 0 Å². The highest BCUT2D eigenvalue weighted by molar-refractivity contribution is 6.18. The summed E-state index contributed by atoms with van der Waals surface area (Å²) in [5.74, 6) is 1.40. The normalized spacial score (nSPS) is 24.4. The van der Waals surface area contributed by atoms with Gasteiger partial charge in [0.05, 0.1) is 6.10 Å². The Balaban J connectivity index is 2.12. The van der Waals surface area contributed by atoms with E-state index in [4.69, 9.17) is 16.3 Å². The summed E-state index contributed by atoms with van der Waals surface area (Å²) in [5.41, 5.74) is 0. The van der Waals surface area contributed by atoms with E-state index in [-0.39, 0.29) is 0 Å². The van der Waals surface area contributed by atoms with Crippen LogP contribution in [0.4, 0.5) is 0 Å². The maximum atomic E-state index is 5.89. The predicted molar refractivity (Wildman–Crippen MR) is 60.9 cm³/mol. The van der Waals surface area contributed by atoms with Gasteiger partial charge in [0.25, 0.3) is 0 Å². The number of rotatable bonds is 6. The third kappa shape index (κ3) is 4.63. The van der Waals surface area contributed by atoms with Crippen molar-refractivity contribution in [2.24, 2.45) is 5.92 Å². The second kappa shape index (κ2) is 6.65. The number of halogens is 1. The third-order valence-corrected chi connectivity index (χ3v) is 2.97. The van der Waals surface area contributed by atoms with Crippen LogP contribution < -0.4 is 5.32 Å². The van der Waals surface area contributed by atoms with Gasteiger partial charge in [-0.05, 0) is 25.2 Å². The molecule has 0 aliphatic carbocycles. The SMILES string of the molecule is CC(C)CC(CCl)NCC1CCCO1. The highest BCUT2D eigenvalue weighted by atomic mass is 35.5. The fourth-order valence-corrected chi connectivity index (χ4v) is 2.11. The highest BCUT2D eigenvalue weighted by Gasteiger charge is 2.17. The summed E-state index contributed by atoms with van der Waals surface area (Å²) < 4.78 is 5.55. The molecular formula is C11H22ClNO. The smallest absolute Gasteiger partial charge is 0.0700 e. The van der Waals surface area contributed by atoms with Gasteiger partial charge in [0.15, 0.2) is 0 Å². The van der Waals surface area contributed by atoms with Crippen LogP contribution >= 0.6 is 11.6 Å². The lowest BCUT2D eigenvalue weighted by molar-refractivity contribution is 0.107. The predicted octanol–water partition coefficient (Wildman–Crippen LogP) is 2.41. The Morgan fingerprint density at radius 1 is 1.50 bits per heavy atom. The average Bonchev–Trinajstić information content (AvgIpc) is 2.64. The van der Waals surface area contributed by atoms with Crippen LogP contribution in [-0.4, -0.2) is 31.2 Å². The second-order valence-corrected chi connectivity index (χ2v) is 4.83. The molecule has 0 aromatic rings. The summed E-state index contributed by atoms with van der Waals surface area (Å²) in [4.78, 5) is 0. The van der Waals surface area contributed by atoms with Crippen molar-refractivity contribution in [3.63, 3.8) is 0 Å². The molecule has 0 bridgehead atoms. The lowest BCUT2D eigenvalue weighted by Gasteiger charge is -2.20. The first-order valence-corrected chi connectivity index (χ1v) is 6.16. The van der Waals surface area contributed by atoms with Crippen molar-refractivity contribution in [3.05, 3.63) is 0 Å². The van der Waals surface area contributed by atoms with Crippen molar-refractivity contribution >= 4 is 11.6 Å². The van der Waals surface area contributed by atoms with Gasteiger partial charge in [0.2, 0.25) is 0 Å². The molecule has 0 radical (unpaired) electrons. The van der Waals surface area contributed by atoms with Gasteiger partial charge in [-0.1, -0.05) is 13.8 Å². The van der Waals surface area contributed by atoms with E-state index in [0.29, 0.717) is 23.9 Å². The number of hydrogen-bond donors (Lipinski definition) is 1. The molecule has 0 spiro atoms. The van der Waals surface area contributed by atoms with Crippen LogP contribution in [0.3, 0.4) is 0 Å². The van der Waals surface area contributed by atoms with Crippen LogP contribution in [0, 0.1) is 5.92 Å². The summed E-state index contributed by atoms with van der Waals surface area (Å²) in [6.07, 6.45) is 3.98. The maximum Gasteiger partial charge on any atom is 0.0700 e. The van der Waals surface area contributed by atoms with E-state index in [0.717, 1.165) is 19.6 Å². The molecule has 1 rings (SSSR count). The van der Waals surface area contributed by atoms with Crippen LogP contribution in [0.5, 0.6) is 0 Å². The molecule has 0 aromatic carbocycles. The molecule has 1 fully saturated rings. The molecule has 1 heterocycles. The van der Waals surface area contributed by atoms with Crippen LogP contribution in [0.2, 0.25) is 0 Å². The quantitative estimate of drug-likeness (QED) is 0.693. The largest absolute Gasteiger partial charge is 0.377 e. The molecule has 84 valence electrons. The Morgan fingerprint density at radius 3 is 2.79 bits per heavy atom. The summed E-state index contributed by atoms with van der Waals surface area (Å²) in [6.45, 7) is 6.35. The lowest BCUT2D eigenvalue weighted by atomic mass is 10.0.